The molecule has 27 heavy (non-hydrogen) atoms. The van der Waals surface area contributed by atoms with Crippen LogP contribution in [0, 0.1) is 0 Å². The Balaban J connectivity index is 2.12. The summed E-state index contributed by atoms with van der Waals surface area (Å²) in [6.45, 7) is 3.69. The smallest absolute Gasteiger partial charge is 0.335 e. The van der Waals surface area contributed by atoms with Gasteiger partial charge in [-0.2, -0.15) is 0 Å². The van der Waals surface area contributed by atoms with E-state index < -0.39 is 6.04 Å². The molecule has 1 unspecified atom stereocenters. The zero-order chi connectivity index (χ0) is 19.1. The van der Waals surface area contributed by atoms with E-state index in [0.29, 0.717) is 0 Å². The maximum Gasteiger partial charge on any atom is 0.335 e. The first-order valence-electron chi connectivity index (χ1n) is 9.09. The quantitative estimate of drug-likeness (QED) is 0.448. The number of aliphatic imine (C=N–C) groups is 1. The van der Waals surface area contributed by atoms with Crippen LogP contribution in [0.4, 0.5) is 0 Å². The second-order valence-electron chi connectivity index (χ2n) is 6.51. The van der Waals surface area contributed by atoms with Gasteiger partial charge in [-0.3, -0.25) is 4.99 Å². The van der Waals surface area contributed by atoms with E-state index in [0.717, 1.165) is 22.4 Å². The zero-order valence-electron chi connectivity index (χ0n) is 15.6. The summed E-state index contributed by atoms with van der Waals surface area (Å²) in [4.78, 5) is 17.7. The Morgan fingerprint density at radius 2 is 1.19 bits per heavy atom. The van der Waals surface area contributed by atoms with Gasteiger partial charge in [0.2, 0.25) is 0 Å². The monoisotopic (exact) mass is 357 g/mol. The van der Waals surface area contributed by atoms with Crippen LogP contribution in [-0.4, -0.2) is 17.8 Å². The Morgan fingerprint density at radius 1 is 0.741 bits per heavy atom. The van der Waals surface area contributed by atoms with Gasteiger partial charge in [-0.1, -0.05) is 91.0 Å². The first-order valence-corrected chi connectivity index (χ1v) is 9.09. The molecule has 3 aromatic rings. The van der Waals surface area contributed by atoms with E-state index in [4.69, 9.17) is 9.73 Å². The highest BCUT2D eigenvalue weighted by atomic mass is 16.5. The highest BCUT2D eigenvalue weighted by Gasteiger charge is 2.24. The number of nitrogens with zero attached hydrogens (tertiary/aromatic N) is 1. The number of benzene rings is 3. The van der Waals surface area contributed by atoms with Crippen molar-refractivity contribution in [2.75, 3.05) is 0 Å². The number of hydrogen-bond acceptors (Lipinski definition) is 3. The fraction of sp³-hybridized carbons (Fsp3) is 0.167. The summed E-state index contributed by atoms with van der Waals surface area (Å²) in [5.41, 5.74) is 3.50. The summed E-state index contributed by atoms with van der Waals surface area (Å²) in [5.74, 6) is -0.347. The van der Waals surface area contributed by atoms with Gasteiger partial charge in [0, 0.05) is 11.1 Å². The molecule has 0 spiro atoms. The summed E-state index contributed by atoms with van der Waals surface area (Å²) >= 11 is 0. The third kappa shape index (κ3) is 4.91. The molecule has 0 N–H and O–H groups in total. The molecule has 0 fully saturated rings. The van der Waals surface area contributed by atoms with Gasteiger partial charge in [-0.25, -0.2) is 4.79 Å². The Bertz CT molecular complexity index is 846. The number of carbonyl (C=O) groups is 1. The van der Waals surface area contributed by atoms with Crippen LogP contribution < -0.4 is 0 Å². The van der Waals surface area contributed by atoms with Crippen LogP contribution in [0.3, 0.4) is 0 Å². The molecule has 0 bridgehead atoms. The van der Waals surface area contributed by atoms with Crippen LogP contribution in [-0.2, 0) is 9.53 Å². The first-order chi connectivity index (χ1) is 13.1. The number of hydrogen-bond donors (Lipinski definition) is 0. The van der Waals surface area contributed by atoms with Crippen molar-refractivity contribution in [3.05, 3.63) is 108 Å². The number of rotatable bonds is 6. The molecular weight excluding hydrogens is 334 g/mol. The molecular formula is C24H23NO2. The largest absolute Gasteiger partial charge is 0.461 e. The molecule has 0 radical (unpaired) electrons. The Morgan fingerprint density at radius 3 is 1.63 bits per heavy atom. The van der Waals surface area contributed by atoms with E-state index in [1.54, 1.807) is 0 Å². The SMILES string of the molecule is CC(C)OC(=O)C(N=C(c1ccccc1)c1ccccc1)c1ccccc1. The summed E-state index contributed by atoms with van der Waals surface area (Å²) in [6, 6.07) is 28.7. The van der Waals surface area contributed by atoms with E-state index in [-0.39, 0.29) is 12.1 Å². The van der Waals surface area contributed by atoms with Crippen LogP contribution in [0.1, 0.15) is 36.6 Å². The maximum atomic E-state index is 12.8. The molecule has 0 aliphatic heterocycles. The van der Waals surface area contributed by atoms with Crippen molar-refractivity contribution in [3.63, 3.8) is 0 Å². The van der Waals surface area contributed by atoms with Gasteiger partial charge in [0.05, 0.1) is 11.8 Å². The van der Waals surface area contributed by atoms with E-state index in [2.05, 4.69) is 0 Å². The van der Waals surface area contributed by atoms with Crippen molar-refractivity contribution in [1.82, 2.24) is 0 Å². The average Bonchev–Trinajstić information content (AvgIpc) is 2.70. The van der Waals surface area contributed by atoms with E-state index in [1.165, 1.54) is 0 Å². The molecule has 0 amide bonds. The van der Waals surface area contributed by atoms with Crippen molar-refractivity contribution < 1.29 is 9.53 Å². The van der Waals surface area contributed by atoms with E-state index >= 15 is 0 Å². The average molecular weight is 357 g/mol. The maximum absolute atomic E-state index is 12.8. The molecule has 0 saturated carbocycles. The lowest BCUT2D eigenvalue weighted by atomic mass is 10.0. The minimum atomic E-state index is -0.719. The van der Waals surface area contributed by atoms with Crippen LogP contribution in [0.15, 0.2) is 96.0 Å². The van der Waals surface area contributed by atoms with Crippen molar-refractivity contribution in [2.45, 2.75) is 26.0 Å². The van der Waals surface area contributed by atoms with Gasteiger partial charge >= 0.3 is 5.97 Å². The molecule has 0 saturated heterocycles. The topological polar surface area (TPSA) is 38.7 Å². The molecule has 3 nitrogen and oxygen atoms in total. The van der Waals surface area contributed by atoms with Crippen LogP contribution in [0.25, 0.3) is 0 Å². The molecule has 136 valence electrons. The predicted octanol–water partition coefficient (Wildman–Crippen LogP) is 5.22. The van der Waals surface area contributed by atoms with Crippen LogP contribution in [0.2, 0.25) is 0 Å². The second kappa shape index (κ2) is 8.95. The van der Waals surface area contributed by atoms with E-state index in [1.807, 2.05) is 105 Å². The summed E-state index contributed by atoms with van der Waals surface area (Å²) < 4.78 is 5.49. The van der Waals surface area contributed by atoms with Crippen molar-refractivity contribution >= 4 is 11.7 Å². The third-order valence-corrected chi connectivity index (χ3v) is 4.04. The highest BCUT2D eigenvalue weighted by molar-refractivity contribution is 6.13. The van der Waals surface area contributed by atoms with Gasteiger partial charge in [-0.15, -0.1) is 0 Å². The summed E-state index contributed by atoms with van der Waals surface area (Å²) in [7, 11) is 0. The molecule has 1 atom stereocenters. The number of carbonyl (C=O) groups excluding carboxylic acids is 1. The van der Waals surface area contributed by atoms with Crippen molar-refractivity contribution in [3.8, 4) is 0 Å². The van der Waals surface area contributed by atoms with Crippen LogP contribution in [0.5, 0.6) is 0 Å². The fourth-order valence-corrected chi connectivity index (χ4v) is 2.83. The van der Waals surface area contributed by atoms with Gasteiger partial charge in [-0.05, 0) is 19.4 Å². The lowest BCUT2D eigenvalue weighted by Crippen LogP contribution is -2.20. The fourth-order valence-electron chi connectivity index (χ4n) is 2.83. The minimum absolute atomic E-state index is 0.198. The summed E-state index contributed by atoms with van der Waals surface area (Å²) in [6.07, 6.45) is -0.198. The Hall–Kier alpha value is -3.20. The normalized spacial score (nSPS) is 11.7. The molecule has 3 heteroatoms. The minimum Gasteiger partial charge on any atom is -0.461 e. The summed E-state index contributed by atoms with van der Waals surface area (Å²) in [5, 5.41) is 0. The van der Waals surface area contributed by atoms with Gasteiger partial charge in [0.1, 0.15) is 0 Å². The molecule has 0 aromatic heterocycles. The van der Waals surface area contributed by atoms with Crippen molar-refractivity contribution in [1.29, 1.82) is 0 Å². The Kier molecular flexibility index (Phi) is 6.16. The molecule has 0 heterocycles. The number of esters is 1. The van der Waals surface area contributed by atoms with Gasteiger partial charge in [0.25, 0.3) is 0 Å². The zero-order valence-corrected chi connectivity index (χ0v) is 15.6. The first kappa shape index (κ1) is 18.6. The Labute approximate surface area is 160 Å². The van der Waals surface area contributed by atoms with E-state index in [9.17, 15) is 4.79 Å². The van der Waals surface area contributed by atoms with Crippen LogP contribution >= 0.6 is 0 Å². The van der Waals surface area contributed by atoms with Gasteiger partial charge in [0.15, 0.2) is 6.04 Å². The van der Waals surface area contributed by atoms with Gasteiger partial charge < -0.3 is 4.74 Å². The highest BCUT2D eigenvalue weighted by Crippen LogP contribution is 2.23. The predicted molar refractivity (Wildman–Crippen MR) is 109 cm³/mol. The lowest BCUT2D eigenvalue weighted by molar-refractivity contribution is -0.149. The third-order valence-electron chi connectivity index (χ3n) is 4.04. The number of ether oxygens (including phenoxy) is 1. The standard InChI is InChI=1S/C24H23NO2/c1-18(2)27-24(26)23(21-16-10-5-11-17-21)25-22(19-12-6-3-7-13-19)20-14-8-4-9-15-20/h3-18,23H,1-2H3. The van der Waals surface area contributed by atoms with Crippen molar-refractivity contribution in [2.24, 2.45) is 4.99 Å². The molecule has 0 aliphatic rings. The molecule has 3 rings (SSSR count). The second-order valence-corrected chi connectivity index (χ2v) is 6.51. The lowest BCUT2D eigenvalue weighted by Gasteiger charge is -2.17. The molecule has 3 aromatic carbocycles. The molecule has 0 aliphatic carbocycles.